The van der Waals surface area contributed by atoms with Crippen LogP contribution in [0.5, 0.6) is 0 Å². The first-order valence-electron chi connectivity index (χ1n) is 5.00. The van der Waals surface area contributed by atoms with Crippen LogP contribution in [0.15, 0.2) is 9.59 Å². The SMILES string of the molecule is COCCn1c(=O)n(C)c(=O)c2[nH]c(N)nc21. The van der Waals surface area contributed by atoms with Crippen molar-refractivity contribution >= 4 is 17.1 Å². The van der Waals surface area contributed by atoms with Crippen molar-refractivity contribution in [2.45, 2.75) is 6.54 Å². The number of hydrogen-bond acceptors (Lipinski definition) is 5. The first-order valence-corrected chi connectivity index (χ1v) is 5.00. The van der Waals surface area contributed by atoms with Gasteiger partial charge in [-0.1, -0.05) is 0 Å². The van der Waals surface area contributed by atoms with Crippen molar-refractivity contribution in [2.75, 3.05) is 19.5 Å². The maximum absolute atomic E-state index is 11.9. The summed E-state index contributed by atoms with van der Waals surface area (Å²) in [5.41, 5.74) is 5.10. The van der Waals surface area contributed by atoms with Crippen LogP contribution in [-0.4, -0.2) is 32.8 Å². The molecule has 8 heteroatoms. The highest BCUT2D eigenvalue weighted by Gasteiger charge is 2.14. The molecule has 0 radical (unpaired) electrons. The predicted molar refractivity (Wildman–Crippen MR) is 61.9 cm³/mol. The number of ether oxygens (including phenoxy) is 1. The number of nitrogens with zero attached hydrogens (tertiary/aromatic N) is 3. The van der Waals surface area contributed by atoms with Gasteiger partial charge >= 0.3 is 5.69 Å². The molecule has 0 aliphatic heterocycles. The molecule has 0 bridgehead atoms. The van der Waals surface area contributed by atoms with Crippen LogP contribution in [0.25, 0.3) is 11.2 Å². The Bertz CT molecular complexity index is 666. The molecule has 0 spiro atoms. The number of anilines is 1. The number of hydrogen-bond donors (Lipinski definition) is 2. The molecule has 3 N–H and O–H groups in total. The number of nitrogens with two attached hydrogens (primary N) is 1. The number of fused-ring (bicyclic) bond motifs is 1. The standard InChI is InChI=1S/C9H13N5O3/c1-13-7(15)5-6(12-8(10)11-5)14(9(13)16)3-4-17-2/h3-4H2,1-2H3,(H3,10,11,12). The quantitative estimate of drug-likeness (QED) is 0.688. The van der Waals surface area contributed by atoms with Crippen LogP contribution < -0.4 is 17.0 Å². The van der Waals surface area contributed by atoms with Gasteiger partial charge in [-0.2, -0.15) is 4.98 Å². The Morgan fingerprint density at radius 3 is 2.82 bits per heavy atom. The van der Waals surface area contributed by atoms with Crippen LogP contribution in [0, 0.1) is 0 Å². The summed E-state index contributed by atoms with van der Waals surface area (Å²) in [6.45, 7) is 0.657. The lowest BCUT2D eigenvalue weighted by atomic mass is 10.5. The molecule has 92 valence electrons. The van der Waals surface area contributed by atoms with E-state index in [0.29, 0.717) is 13.2 Å². The maximum atomic E-state index is 11.9. The van der Waals surface area contributed by atoms with Gasteiger partial charge in [0.05, 0.1) is 13.2 Å². The van der Waals surface area contributed by atoms with E-state index < -0.39 is 11.2 Å². The van der Waals surface area contributed by atoms with E-state index >= 15 is 0 Å². The molecule has 0 fully saturated rings. The Morgan fingerprint density at radius 1 is 1.47 bits per heavy atom. The minimum absolute atomic E-state index is 0.105. The van der Waals surface area contributed by atoms with Crippen molar-refractivity contribution in [1.82, 2.24) is 19.1 Å². The van der Waals surface area contributed by atoms with Crippen molar-refractivity contribution in [3.05, 3.63) is 20.8 Å². The molecule has 0 unspecified atom stereocenters. The average Bonchev–Trinajstić information content (AvgIpc) is 2.68. The molecule has 0 saturated heterocycles. The predicted octanol–water partition coefficient (Wildman–Crippen LogP) is -1.35. The summed E-state index contributed by atoms with van der Waals surface area (Å²) >= 11 is 0. The fourth-order valence-electron chi connectivity index (χ4n) is 1.64. The smallest absolute Gasteiger partial charge is 0.332 e. The molecule has 0 amide bonds. The number of methoxy groups -OCH3 is 1. The van der Waals surface area contributed by atoms with Gasteiger partial charge < -0.3 is 15.5 Å². The molecular formula is C9H13N5O3. The number of nitrogens with one attached hydrogen (secondary N) is 1. The van der Waals surface area contributed by atoms with Crippen molar-refractivity contribution in [1.29, 1.82) is 0 Å². The van der Waals surface area contributed by atoms with Crippen molar-refractivity contribution in [3.8, 4) is 0 Å². The van der Waals surface area contributed by atoms with Crippen LogP contribution in [0.4, 0.5) is 5.95 Å². The van der Waals surface area contributed by atoms with Crippen molar-refractivity contribution in [2.24, 2.45) is 7.05 Å². The summed E-state index contributed by atoms with van der Waals surface area (Å²) in [4.78, 5) is 30.3. The zero-order valence-corrected chi connectivity index (χ0v) is 9.56. The van der Waals surface area contributed by atoms with Gasteiger partial charge in [0.2, 0.25) is 0 Å². The lowest BCUT2D eigenvalue weighted by molar-refractivity contribution is 0.186. The summed E-state index contributed by atoms with van der Waals surface area (Å²) in [6.07, 6.45) is 0. The monoisotopic (exact) mass is 239 g/mol. The van der Waals surface area contributed by atoms with Gasteiger partial charge in [-0.05, 0) is 0 Å². The second kappa shape index (κ2) is 4.06. The van der Waals surface area contributed by atoms with E-state index in [2.05, 4.69) is 9.97 Å². The largest absolute Gasteiger partial charge is 0.383 e. The third-order valence-corrected chi connectivity index (χ3v) is 2.51. The summed E-state index contributed by atoms with van der Waals surface area (Å²) in [7, 11) is 2.94. The molecule has 2 aromatic rings. The van der Waals surface area contributed by atoms with E-state index in [-0.39, 0.29) is 17.1 Å². The van der Waals surface area contributed by atoms with Crippen LogP contribution >= 0.6 is 0 Å². The second-order valence-corrected chi connectivity index (χ2v) is 3.61. The first-order chi connectivity index (χ1) is 8.06. The Kier molecular flexibility index (Phi) is 2.72. The molecule has 0 saturated carbocycles. The number of aromatic amines is 1. The van der Waals surface area contributed by atoms with Gasteiger partial charge in [0.15, 0.2) is 17.1 Å². The Balaban J connectivity index is 2.80. The van der Waals surface area contributed by atoms with E-state index in [1.807, 2.05) is 0 Å². The number of imidazole rings is 1. The highest BCUT2D eigenvalue weighted by atomic mass is 16.5. The molecule has 0 atom stereocenters. The normalized spacial score (nSPS) is 11.2. The molecule has 0 aromatic carbocycles. The third kappa shape index (κ3) is 1.72. The number of nitrogen functional groups attached to an aromatic ring is 1. The lowest BCUT2D eigenvalue weighted by Gasteiger charge is -2.07. The van der Waals surface area contributed by atoms with Gasteiger partial charge in [-0.3, -0.25) is 13.9 Å². The highest BCUT2D eigenvalue weighted by molar-refractivity contribution is 5.72. The fraction of sp³-hybridized carbons (Fsp3) is 0.444. The Labute approximate surface area is 95.6 Å². The molecule has 2 rings (SSSR count). The van der Waals surface area contributed by atoms with Crippen molar-refractivity contribution < 1.29 is 4.74 Å². The minimum atomic E-state index is -0.442. The highest BCUT2D eigenvalue weighted by Crippen LogP contribution is 2.05. The van der Waals surface area contributed by atoms with Gasteiger partial charge in [-0.15, -0.1) is 0 Å². The number of rotatable bonds is 3. The first kappa shape index (κ1) is 11.4. The Hall–Kier alpha value is -2.09. The summed E-state index contributed by atoms with van der Waals surface area (Å²) in [5.74, 6) is 0.105. The summed E-state index contributed by atoms with van der Waals surface area (Å²) in [6, 6.07) is 0. The molecule has 8 nitrogen and oxygen atoms in total. The van der Waals surface area contributed by atoms with Gasteiger partial charge in [-0.25, -0.2) is 4.79 Å². The second-order valence-electron chi connectivity index (χ2n) is 3.61. The van der Waals surface area contributed by atoms with Gasteiger partial charge in [0.1, 0.15) is 0 Å². The van der Waals surface area contributed by atoms with Crippen LogP contribution in [-0.2, 0) is 18.3 Å². The number of aromatic nitrogens is 4. The lowest BCUT2D eigenvalue weighted by Crippen LogP contribution is -2.38. The minimum Gasteiger partial charge on any atom is -0.383 e. The molecule has 2 aromatic heterocycles. The summed E-state index contributed by atoms with van der Waals surface area (Å²) < 4.78 is 7.27. The zero-order chi connectivity index (χ0) is 12.6. The molecule has 2 heterocycles. The van der Waals surface area contributed by atoms with E-state index in [9.17, 15) is 9.59 Å². The third-order valence-electron chi connectivity index (χ3n) is 2.51. The van der Waals surface area contributed by atoms with E-state index in [1.54, 1.807) is 0 Å². The van der Waals surface area contributed by atoms with E-state index in [4.69, 9.17) is 10.5 Å². The summed E-state index contributed by atoms with van der Waals surface area (Å²) in [5, 5.41) is 0. The zero-order valence-electron chi connectivity index (χ0n) is 9.56. The molecule has 0 aliphatic rings. The van der Waals surface area contributed by atoms with E-state index in [0.717, 1.165) is 4.57 Å². The van der Waals surface area contributed by atoms with Crippen LogP contribution in [0.2, 0.25) is 0 Å². The molecular weight excluding hydrogens is 226 g/mol. The van der Waals surface area contributed by atoms with Crippen molar-refractivity contribution in [3.63, 3.8) is 0 Å². The maximum Gasteiger partial charge on any atom is 0.332 e. The van der Waals surface area contributed by atoms with E-state index in [1.165, 1.54) is 18.7 Å². The molecule has 17 heavy (non-hydrogen) atoms. The molecule has 0 aliphatic carbocycles. The Morgan fingerprint density at radius 2 is 2.18 bits per heavy atom. The van der Waals surface area contributed by atoms with Gasteiger partial charge in [0, 0.05) is 14.2 Å². The van der Waals surface area contributed by atoms with Crippen LogP contribution in [0.1, 0.15) is 0 Å². The van der Waals surface area contributed by atoms with Crippen LogP contribution in [0.3, 0.4) is 0 Å². The topological polar surface area (TPSA) is 108 Å². The average molecular weight is 239 g/mol. The van der Waals surface area contributed by atoms with Gasteiger partial charge in [0.25, 0.3) is 5.56 Å². The fourth-order valence-corrected chi connectivity index (χ4v) is 1.64. The number of H-pyrrole nitrogens is 1.